The number of carbonyl (C=O) groups is 2. The molecule has 1 aromatic heterocycles. The molecule has 0 saturated carbocycles. The monoisotopic (exact) mass is 720 g/mol. The summed E-state index contributed by atoms with van der Waals surface area (Å²) < 4.78 is 36.1. The van der Waals surface area contributed by atoms with E-state index >= 15 is 0 Å². The summed E-state index contributed by atoms with van der Waals surface area (Å²) in [5.74, 6) is 0.610. The van der Waals surface area contributed by atoms with Crippen LogP contribution >= 0.6 is 0 Å². The Hall–Kier alpha value is -4.50. The number of para-hydroxylation sites is 2. The minimum absolute atomic E-state index is 0.0167. The molecule has 5 rings (SSSR count). The van der Waals surface area contributed by atoms with Gasteiger partial charge in [0, 0.05) is 39.8 Å². The number of imidazole rings is 1. The summed E-state index contributed by atoms with van der Waals surface area (Å²) in [7, 11) is -0.640. The van der Waals surface area contributed by atoms with Crippen LogP contribution in [0.1, 0.15) is 31.7 Å². The van der Waals surface area contributed by atoms with Crippen molar-refractivity contribution in [1.82, 2.24) is 29.0 Å². The van der Waals surface area contributed by atoms with Crippen molar-refractivity contribution in [1.29, 1.82) is 0 Å². The molecule has 3 aromatic carbocycles. The molecule has 14 heteroatoms. The Bertz CT molecular complexity index is 1880. The summed E-state index contributed by atoms with van der Waals surface area (Å²) in [6.45, 7) is 4.14. The van der Waals surface area contributed by atoms with Gasteiger partial charge in [-0.05, 0) is 60.7 Å². The van der Waals surface area contributed by atoms with Gasteiger partial charge in [0.15, 0.2) is 0 Å². The second kappa shape index (κ2) is 16.7. The first-order valence-electron chi connectivity index (χ1n) is 17.2. The second-order valence-corrected chi connectivity index (χ2v) is 15.2. The number of urea groups is 1. The maximum atomic E-state index is 14.0. The molecule has 1 saturated heterocycles. The Morgan fingerprint density at radius 1 is 1.00 bits per heavy atom. The van der Waals surface area contributed by atoms with E-state index in [2.05, 4.69) is 10.3 Å². The van der Waals surface area contributed by atoms with Gasteiger partial charge in [0.25, 0.3) is 0 Å². The van der Waals surface area contributed by atoms with Crippen molar-refractivity contribution in [3.63, 3.8) is 0 Å². The fraction of sp³-hybridized carbons (Fsp3) is 0.432. The van der Waals surface area contributed by atoms with Crippen molar-refractivity contribution in [2.45, 2.75) is 56.3 Å². The molecule has 3 N–H and O–H groups in total. The van der Waals surface area contributed by atoms with Crippen LogP contribution in [0.4, 0.5) is 4.79 Å². The van der Waals surface area contributed by atoms with E-state index in [1.807, 2.05) is 80.1 Å². The van der Waals surface area contributed by atoms with Crippen LogP contribution in [0, 0.1) is 5.92 Å². The molecule has 2 heterocycles. The second-order valence-electron chi connectivity index (χ2n) is 13.3. The highest BCUT2D eigenvalue weighted by Gasteiger charge is 2.39. The number of aliphatic hydroxyl groups is 2. The maximum Gasteiger partial charge on any atom is 0.321 e. The molecule has 0 spiro atoms. The lowest BCUT2D eigenvalue weighted by Crippen LogP contribution is -2.56. The molecule has 0 unspecified atom stereocenters. The Balaban J connectivity index is 1.35. The number of fused-ring (bicyclic) bond motifs is 1. The highest BCUT2D eigenvalue weighted by Crippen LogP contribution is 2.23. The van der Waals surface area contributed by atoms with Crippen LogP contribution in [-0.2, 0) is 34.8 Å². The van der Waals surface area contributed by atoms with Crippen LogP contribution in [-0.4, -0.2) is 112 Å². The van der Waals surface area contributed by atoms with Crippen molar-refractivity contribution in [3.8, 4) is 5.75 Å². The van der Waals surface area contributed by atoms with Gasteiger partial charge >= 0.3 is 6.03 Å². The predicted molar refractivity (Wildman–Crippen MR) is 193 cm³/mol. The van der Waals surface area contributed by atoms with Gasteiger partial charge in [-0.2, -0.15) is 4.31 Å². The Labute approximate surface area is 299 Å². The van der Waals surface area contributed by atoms with E-state index in [-0.39, 0.29) is 62.5 Å². The maximum absolute atomic E-state index is 14.0. The third-order valence-electron chi connectivity index (χ3n) is 9.17. The summed E-state index contributed by atoms with van der Waals surface area (Å²) >= 11 is 0. The number of benzene rings is 3. The molecule has 1 aliphatic rings. The standard InChI is InChI=1S/C37H48N6O7S/c1-26(2)23-42(51(48,49)29-16-14-28(50-4)15-17-29)24-34(45)31(22-27-10-6-5-7-11-27)39-36(46)33(18-21-44)43-20-19-41(37(43)47)25-35-38-30-12-8-9-13-32(30)40(35)3/h5-17,26,31,33-34,44-45H,18-25H2,1-4H3,(H,39,46)/t31-,33-,34-/m0/s1. The Kier molecular flexibility index (Phi) is 12.3. The Morgan fingerprint density at radius 3 is 2.33 bits per heavy atom. The molecule has 1 aliphatic heterocycles. The van der Waals surface area contributed by atoms with E-state index < -0.39 is 34.1 Å². The number of aromatic nitrogens is 2. The first kappa shape index (κ1) is 37.7. The lowest BCUT2D eigenvalue weighted by atomic mass is 10.00. The highest BCUT2D eigenvalue weighted by atomic mass is 32.2. The molecule has 1 fully saturated rings. The van der Waals surface area contributed by atoms with Gasteiger partial charge in [-0.3, -0.25) is 4.79 Å². The molecule has 274 valence electrons. The predicted octanol–water partition coefficient (Wildman–Crippen LogP) is 3.01. The highest BCUT2D eigenvalue weighted by molar-refractivity contribution is 7.89. The number of hydrogen-bond acceptors (Lipinski definition) is 8. The lowest BCUT2D eigenvalue weighted by molar-refractivity contribution is -0.127. The summed E-state index contributed by atoms with van der Waals surface area (Å²) in [4.78, 5) is 35.6. The molecule has 3 amide bonds. The van der Waals surface area contributed by atoms with Crippen LogP contribution in [0.25, 0.3) is 11.0 Å². The number of sulfonamides is 1. The van der Waals surface area contributed by atoms with Crippen LogP contribution in [0.5, 0.6) is 5.75 Å². The van der Waals surface area contributed by atoms with Crippen molar-refractivity contribution in [2.75, 3.05) is 39.9 Å². The van der Waals surface area contributed by atoms with Crippen LogP contribution in [0.2, 0.25) is 0 Å². The zero-order valence-electron chi connectivity index (χ0n) is 29.6. The molecule has 0 aliphatic carbocycles. The van der Waals surface area contributed by atoms with Gasteiger partial charge < -0.3 is 34.6 Å². The molecule has 0 radical (unpaired) electrons. The fourth-order valence-electron chi connectivity index (χ4n) is 6.44. The van der Waals surface area contributed by atoms with Crippen molar-refractivity contribution >= 4 is 33.0 Å². The zero-order chi connectivity index (χ0) is 36.7. The van der Waals surface area contributed by atoms with Crippen molar-refractivity contribution in [2.24, 2.45) is 13.0 Å². The summed E-state index contributed by atoms with van der Waals surface area (Å²) in [5.41, 5.74) is 2.59. The molecule has 13 nitrogen and oxygen atoms in total. The third-order valence-corrected chi connectivity index (χ3v) is 11.0. The van der Waals surface area contributed by atoms with Crippen LogP contribution < -0.4 is 10.1 Å². The van der Waals surface area contributed by atoms with Crippen molar-refractivity contribution < 1.29 is 33.0 Å². The van der Waals surface area contributed by atoms with E-state index in [1.54, 1.807) is 17.0 Å². The van der Waals surface area contributed by atoms with Gasteiger partial charge in [0.1, 0.15) is 17.6 Å². The molecule has 51 heavy (non-hydrogen) atoms. The number of amides is 3. The van der Waals surface area contributed by atoms with Crippen molar-refractivity contribution in [3.05, 3.63) is 90.3 Å². The van der Waals surface area contributed by atoms with Gasteiger partial charge in [-0.15, -0.1) is 0 Å². The third kappa shape index (κ3) is 8.87. The number of nitrogens with zero attached hydrogens (tertiary/aromatic N) is 5. The van der Waals surface area contributed by atoms with Gasteiger partial charge in [0.05, 0.1) is 41.7 Å². The first-order chi connectivity index (χ1) is 24.4. The molecule has 4 aromatic rings. The number of aliphatic hydroxyl groups excluding tert-OH is 2. The number of aryl methyl sites for hydroxylation is 1. The minimum atomic E-state index is -4.03. The SMILES string of the molecule is COc1ccc(S(=O)(=O)N(CC(C)C)C[C@H](O)[C@H](Cc2ccccc2)NC(=O)[C@H](CCO)N2CCN(Cc3nc4ccccc4n3C)C2=O)cc1. The average molecular weight is 721 g/mol. The minimum Gasteiger partial charge on any atom is -0.497 e. The lowest BCUT2D eigenvalue weighted by Gasteiger charge is -2.33. The normalized spacial score (nSPS) is 15.5. The molecule has 0 bridgehead atoms. The van der Waals surface area contributed by atoms with Gasteiger partial charge in [0.2, 0.25) is 15.9 Å². The number of hydrogen-bond donors (Lipinski definition) is 3. The van der Waals surface area contributed by atoms with E-state index in [0.29, 0.717) is 18.1 Å². The summed E-state index contributed by atoms with van der Waals surface area (Å²) in [6.07, 6.45) is -1.14. The van der Waals surface area contributed by atoms with E-state index in [0.717, 1.165) is 16.6 Å². The largest absolute Gasteiger partial charge is 0.497 e. The number of rotatable bonds is 17. The zero-order valence-corrected chi connectivity index (χ0v) is 30.4. The van der Waals surface area contributed by atoms with Crippen LogP contribution in [0.3, 0.4) is 0 Å². The average Bonchev–Trinajstić information content (AvgIpc) is 3.64. The smallest absolute Gasteiger partial charge is 0.321 e. The van der Waals surface area contributed by atoms with E-state index in [9.17, 15) is 28.2 Å². The molecule has 3 atom stereocenters. The van der Waals surface area contributed by atoms with E-state index in [1.165, 1.54) is 28.4 Å². The molecular formula is C37H48N6O7S. The van der Waals surface area contributed by atoms with Crippen LogP contribution in [0.15, 0.2) is 83.8 Å². The number of nitrogens with one attached hydrogen (secondary N) is 1. The van der Waals surface area contributed by atoms with Gasteiger partial charge in [-0.1, -0.05) is 56.3 Å². The number of ether oxygens (including phenoxy) is 1. The van der Waals surface area contributed by atoms with E-state index in [4.69, 9.17) is 4.74 Å². The topological polar surface area (TPSA) is 158 Å². The number of carbonyl (C=O) groups excluding carboxylic acids is 2. The van der Waals surface area contributed by atoms with Gasteiger partial charge in [-0.25, -0.2) is 18.2 Å². The summed E-state index contributed by atoms with van der Waals surface area (Å²) in [5, 5.41) is 24.7. The molecular weight excluding hydrogens is 673 g/mol. The fourth-order valence-corrected chi connectivity index (χ4v) is 8.06. The first-order valence-corrected chi connectivity index (χ1v) is 18.6. The summed E-state index contributed by atoms with van der Waals surface area (Å²) in [6, 6.07) is 20.7. The number of methoxy groups -OCH3 is 1. The quantitative estimate of drug-likeness (QED) is 0.150. The Morgan fingerprint density at radius 2 is 1.69 bits per heavy atom.